The number of rotatable bonds is 2. The predicted molar refractivity (Wildman–Crippen MR) is 99.3 cm³/mol. The zero-order valence-corrected chi connectivity index (χ0v) is 15.5. The van der Waals surface area contributed by atoms with Crippen LogP contribution < -0.4 is 10.6 Å². The summed E-state index contributed by atoms with van der Waals surface area (Å²) in [6.07, 6.45) is -4.51. The van der Waals surface area contributed by atoms with Gasteiger partial charge in [0.2, 0.25) is 0 Å². The Morgan fingerprint density at radius 2 is 1.88 bits per heavy atom. The van der Waals surface area contributed by atoms with Crippen LogP contribution in [0.5, 0.6) is 0 Å². The molecule has 2 aromatic rings. The second-order valence-corrected chi connectivity index (χ2v) is 6.67. The summed E-state index contributed by atoms with van der Waals surface area (Å²) in [7, 11) is 0. The fourth-order valence-corrected chi connectivity index (χ4v) is 2.67. The summed E-state index contributed by atoms with van der Waals surface area (Å²) in [4.78, 5) is 12.1. The number of amides is 1. The van der Waals surface area contributed by atoms with E-state index < -0.39 is 17.6 Å². The van der Waals surface area contributed by atoms with Gasteiger partial charge in [0.25, 0.3) is 5.91 Å². The zero-order chi connectivity index (χ0) is 17.9. The summed E-state index contributed by atoms with van der Waals surface area (Å²) >= 11 is 12.9. The Hall–Kier alpha value is -1.39. The summed E-state index contributed by atoms with van der Waals surface area (Å²) in [5.74, 6) is -0.478. The Labute approximate surface area is 159 Å². The van der Waals surface area contributed by atoms with Crippen molar-refractivity contribution in [3.8, 4) is 0 Å². The van der Waals surface area contributed by atoms with Gasteiger partial charge in [-0.3, -0.25) is 10.1 Å². The Kier molecular flexibility index (Phi) is 6.05. The Morgan fingerprint density at radius 1 is 1.17 bits per heavy atom. The molecule has 2 rings (SSSR count). The van der Waals surface area contributed by atoms with E-state index in [0.717, 1.165) is 21.8 Å². The smallest absolute Gasteiger partial charge is 0.331 e. The molecular weight excluding hydrogens is 476 g/mol. The first-order valence-electron chi connectivity index (χ1n) is 6.41. The largest absolute Gasteiger partial charge is 0.416 e. The van der Waals surface area contributed by atoms with Crippen molar-refractivity contribution < 1.29 is 18.0 Å². The minimum absolute atomic E-state index is 0.0422. The molecule has 0 heterocycles. The SMILES string of the molecule is O=C(NC(=S)Nc1cc(C(F)(F)F)ccc1Cl)c1cccc(I)c1. The Morgan fingerprint density at radius 3 is 2.50 bits per heavy atom. The molecule has 0 saturated heterocycles. The topological polar surface area (TPSA) is 41.1 Å². The number of thiocarbonyl (C=S) groups is 1. The van der Waals surface area contributed by atoms with Crippen LogP contribution in [0, 0.1) is 3.57 Å². The number of carbonyl (C=O) groups excluding carboxylic acids is 1. The lowest BCUT2D eigenvalue weighted by Gasteiger charge is -2.13. The van der Waals surface area contributed by atoms with E-state index in [9.17, 15) is 18.0 Å². The molecule has 2 aromatic carbocycles. The fraction of sp³-hybridized carbons (Fsp3) is 0.0667. The van der Waals surface area contributed by atoms with Crippen molar-refractivity contribution in [3.05, 3.63) is 62.2 Å². The minimum atomic E-state index is -4.51. The average molecular weight is 485 g/mol. The highest BCUT2D eigenvalue weighted by Gasteiger charge is 2.31. The van der Waals surface area contributed by atoms with E-state index in [2.05, 4.69) is 33.2 Å². The molecule has 0 unspecified atom stereocenters. The normalized spacial score (nSPS) is 11.0. The molecule has 0 aliphatic carbocycles. The molecule has 0 aliphatic rings. The van der Waals surface area contributed by atoms with Gasteiger partial charge in [-0.2, -0.15) is 13.2 Å². The van der Waals surface area contributed by atoms with Crippen molar-refractivity contribution in [1.82, 2.24) is 5.32 Å². The van der Waals surface area contributed by atoms with Crippen molar-refractivity contribution in [2.24, 2.45) is 0 Å². The van der Waals surface area contributed by atoms with Crippen LogP contribution in [0.3, 0.4) is 0 Å². The molecule has 126 valence electrons. The molecule has 0 aliphatic heterocycles. The molecule has 9 heteroatoms. The van der Waals surface area contributed by atoms with Gasteiger partial charge in [0.1, 0.15) is 0 Å². The van der Waals surface area contributed by atoms with E-state index in [0.29, 0.717) is 5.56 Å². The fourth-order valence-electron chi connectivity index (χ4n) is 1.76. The van der Waals surface area contributed by atoms with Crippen LogP contribution in [-0.2, 0) is 6.18 Å². The molecule has 0 radical (unpaired) electrons. The van der Waals surface area contributed by atoms with Gasteiger partial charge >= 0.3 is 6.18 Å². The van der Waals surface area contributed by atoms with Gasteiger partial charge in [0, 0.05) is 9.13 Å². The molecule has 3 nitrogen and oxygen atoms in total. The van der Waals surface area contributed by atoms with Gasteiger partial charge in [0.15, 0.2) is 5.11 Å². The second-order valence-electron chi connectivity index (χ2n) is 4.61. The monoisotopic (exact) mass is 484 g/mol. The van der Waals surface area contributed by atoms with Crippen molar-refractivity contribution in [2.45, 2.75) is 6.18 Å². The van der Waals surface area contributed by atoms with E-state index in [1.54, 1.807) is 18.2 Å². The van der Waals surface area contributed by atoms with E-state index in [1.807, 2.05) is 6.07 Å². The first-order valence-corrected chi connectivity index (χ1v) is 8.28. The van der Waals surface area contributed by atoms with Crippen molar-refractivity contribution >= 4 is 63.1 Å². The number of hydrogen-bond acceptors (Lipinski definition) is 2. The third kappa shape index (κ3) is 5.05. The molecular formula is C15H9ClF3IN2OS. The van der Waals surface area contributed by atoms with Gasteiger partial charge in [0.05, 0.1) is 16.3 Å². The van der Waals surface area contributed by atoms with Crippen molar-refractivity contribution in [1.29, 1.82) is 0 Å². The summed E-state index contributed by atoms with van der Waals surface area (Å²) in [6.45, 7) is 0. The third-order valence-corrected chi connectivity index (χ3v) is 4.06. The lowest BCUT2D eigenvalue weighted by Crippen LogP contribution is -2.34. The second kappa shape index (κ2) is 7.66. The van der Waals surface area contributed by atoms with E-state index in [4.69, 9.17) is 23.8 Å². The van der Waals surface area contributed by atoms with Crippen LogP contribution in [0.15, 0.2) is 42.5 Å². The van der Waals surface area contributed by atoms with Crippen LogP contribution in [0.25, 0.3) is 0 Å². The van der Waals surface area contributed by atoms with E-state index in [1.165, 1.54) is 0 Å². The van der Waals surface area contributed by atoms with Gasteiger partial charge in [-0.05, 0) is 71.2 Å². The Balaban J connectivity index is 2.11. The molecule has 0 bridgehead atoms. The number of halogens is 5. The molecule has 1 amide bonds. The van der Waals surface area contributed by atoms with E-state index >= 15 is 0 Å². The quantitative estimate of drug-likeness (QED) is 0.461. The number of nitrogens with one attached hydrogen (secondary N) is 2. The molecule has 0 saturated carbocycles. The number of carbonyl (C=O) groups is 1. The highest BCUT2D eigenvalue weighted by Crippen LogP contribution is 2.33. The molecule has 2 N–H and O–H groups in total. The predicted octanol–water partition coefficient (Wildman–Crippen LogP) is 5.09. The third-order valence-electron chi connectivity index (χ3n) is 2.86. The molecule has 0 spiro atoms. The summed E-state index contributed by atoms with van der Waals surface area (Å²) in [5.41, 5.74) is -0.540. The van der Waals surface area contributed by atoms with Crippen LogP contribution >= 0.6 is 46.4 Å². The van der Waals surface area contributed by atoms with E-state index in [-0.39, 0.29) is 15.8 Å². The van der Waals surface area contributed by atoms with Gasteiger partial charge in [-0.15, -0.1) is 0 Å². The van der Waals surface area contributed by atoms with Crippen LogP contribution in [-0.4, -0.2) is 11.0 Å². The van der Waals surface area contributed by atoms with Crippen LogP contribution in [0.4, 0.5) is 18.9 Å². The Bertz CT molecular complexity index is 799. The molecule has 0 fully saturated rings. The number of alkyl halides is 3. The standard InChI is InChI=1S/C15H9ClF3IN2OS/c16-11-5-4-9(15(17,18)19)7-12(11)21-14(24)22-13(23)8-2-1-3-10(20)6-8/h1-7H,(H2,21,22,23,24). The number of hydrogen-bond donors (Lipinski definition) is 2. The zero-order valence-electron chi connectivity index (χ0n) is 11.7. The molecule has 0 aromatic heterocycles. The summed E-state index contributed by atoms with van der Waals surface area (Å²) in [5, 5.41) is 4.80. The molecule has 24 heavy (non-hydrogen) atoms. The maximum Gasteiger partial charge on any atom is 0.416 e. The van der Waals surface area contributed by atoms with Crippen LogP contribution in [0.1, 0.15) is 15.9 Å². The van der Waals surface area contributed by atoms with Gasteiger partial charge < -0.3 is 5.32 Å². The van der Waals surface area contributed by atoms with Gasteiger partial charge in [-0.1, -0.05) is 17.7 Å². The van der Waals surface area contributed by atoms with Crippen molar-refractivity contribution in [2.75, 3.05) is 5.32 Å². The lowest BCUT2D eigenvalue weighted by atomic mass is 10.2. The lowest BCUT2D eigenvalue weighted by molar-refractivity contribution is -0.137. The maximum absolute atomic E-state index is 12.7. The number of benzene rings is 2. The van der Waals surface area contributed by atoms with Crippen molar-refractivity contribution in [3.63, 3.8) is 0 Å². The number of anilines is 1. The maximum atomic E-state index is 12.7. The first kappa shape index (κ1) is 18.9. The van der Waals surface area contributed by atoms with Gasteiger partial charge in [-0.25, -0.2) is 0 Å². The summed E-state index contributed by atoms with van der Waals surface area (Å²) < 4.78 is 39.1. The first-order chi connectivity index (χ1) is 11.2. The minimum Gasteiger partial charge on any atom is -0.331 e. The summed E-state index contributed by atoms with van der Waals surface area (Å²) in [6, 6.07) is 9.56. The highest BCUT2D eigenvalue weighted by molar-refractivity contribution is 14.1. The highest BCUT2D eigenvalue weighted by atomic mass is 127. The molecule has 0 atom stereocenters. The average Bonchev–Trinajstić information content (AvgIpc) is 2.48. The van der Waals surface area contributed by atoms with Crippen LogP contribution in [0.2, 0.25) is 5.02 Å².